The van der Waals surface area contributed by atoms with Crippen molar-refractivity contribution in [2.45, 2.75) is 6.92 Å². The lowest BCUT2D eigenvalue weighted by Crippen LogP contribution is -2.19. The lowest BCUT2D eigenvalue weighted by molar-refractivity contribution is -0.118. The molecule has 0 saturated heterocycles. The molecule has 1 amide bonds. The molecule has 0 aliphatic carbocycles. The summed E-state index contributed by atoms with van der Waals surface area (Å²) in [4.78, 5) is 35.8. The van der Waals surface area contributed by atoms with Crippen molar-refractivity contribution in [3.8, 4) is 11.8 Å². The van der Waals surface area contributed by atoms with E-state index in [4.69, 9.17) is 0 Å². The fourth-order valence-electron chi connectivity index (χ4n) is 1.56. The van der Waals surface area contributed by atoms with Crippen LogP contribution in [-0.2, 0) is 4.79 Å². The lowest BCUT2D eigenvalue weighted by atomic mass is 10.1. The molecular weight excluding hydrogens is 248 g/mol. The summed E-state index contributed by atoms with van der Waals surface area (Å²) < 4.78 is 4.47. The average molecular weight is 258 g/mol. The van der Waals surface area contributed by atoms with Crippen molar-refractivity contribution in [2.24, 2.45) is 0 Å². The number of H-pyrrole nitrogens is 1. The van der Waals surface area contributed by atoms with Crippen LogP contribution in [0.1, 0.15) is 12.5 Å². The number of carbonyl (C=O) groups is 1. The minimum absolute atomic E-state index is 0.181. The number of fused-ring (bicyclic) bond motifs is 1. The number of hydrogen-bond donors (Lipinski definition) is 2. The summed E-state index contributed by atoms with van der Waals surface area (Å²) in [5.74, 6) is 4.48. The second kappa shape index (κ2) is 5.23. The maximum atomic E-state index is 11.6. The first kappa shape index (κ1) is 12.6. The summed E-state index contributed by atoms with van der Waals surface area (Å²) >= 11 is 0. The summed E-state index contributed by atoms with van der Waals surface area (Å²) in [5.41, 5.74) is 0.0728. The van der Waals surface area contributed by atoms with Gasteiger partial charge >= 0.3 is 11.4 Å². The van der Waals surface area contributed by atoms with Gasteiger partial charge in [-0.05, 0) is 12.1 Å². The Bertz CT molecular complexity index is 805. The molecule has 0 saturated carbocycles. The molecule has 6 nitrogen and oxygen atoms in total. The highest BCUT2D eigenvalue weighted by atomic mass is 16.4. The van der Waals surface area contributed by atoms with Crippen LogP contribution in [0.2, 0.25) is 0 Å². The zero-order valence-electron chi connectivity index (χ0n) is 10.1. The first-order chi connectivity index (χ1) is 9.08. The molecule has 0 aliphatic rings. The maximum absolute atomic E-state index is 11.6. The molecule has 1 aromatic heterocycles. The van der Waals surface area contributed by atoms with Gasteiger partial charge in [0.1, 0.15) is 0 Å². The maximum Gasteiger partial charge on any atom is 0.419 e. The van der Waals surface area contributed by atoms with Crippen LogP contribution in [0.25, 0.3) is 10.9 Å². The Morgan fingerprint density at radius 3 is 2.95 bits per heavy atom. The third-order valence-electron chi connectivity index (χ3n) is 2.34. The molecule has 0 fully saturated rings. The van der Waals surface area contributed by atoms with Gasteiger partial charge in [0.2, 0.25) is 5.91 Å². The molecule has 0 atom stereocenters. The van der Waals surface area contributed by atoms with Crippen molar-refractivity contribution >= 4 is 16.8 Å². The molecule has 0 aliphatic heterocycles. The lowest BCUT2D eigenvalue weighted by Gasteiger charge is -1.97. The van der Waals surface area contributed by atoms with Crippen molar-refractivity contribution in [1.29, 1.82) is 0 Å². The van der Waals surface area contributed by atoms with E-state index in [1.807, 2.05) is 0 Å². The second-order valence-corrected chi connectivity index (χ2v) is 3.74. The van der Waals surface area contributed by atoms with Crippen LogP contribution in [0.3, 0.4) is 0 Å². The average Bonchev–Trinajstić information content (AvgIpc) is 2.33. The van der Waals surface area contributed by atoms with Crippen molar-refractivity contribution in [1.82, 2.24) is 10.3 Å². The van der Waals surface area contributed by atoms with Crippen LogP contribution in [-0.4, -0.2) is 17.4 Å². The van der Waals surface area contributed by atoms with E-state index in [1.54, 1.807) is 18.2 Å². The smallest absolute Gasteiger partial charge is 0.372 e. The highest BCUT2D eigenvalue weighted by Gasteiger charge is 2.06. The standard InChI is InChI=1S/C13H10N2O4/c1-8(16)14-7-3-5-9-4-2-6-10-11(9)12(17)19-13(18)15-10/h2,4,6H,7H2,1H3,(H,14,16)(H,15,18). The molecule has 6 heteroatoms. The Kier molecular flexibility index (Phi) is 3.48. The van der Waals surface area contributed by atoms with Crippen LogP contribution in [0.4, 0.5) is 0 Å². The van der Waals surface area contributed by atoms with Gasteiger partial charge in [0.05, 0.1) is 17.4 Å². The Balaban J connectivity index is 2.47. The number of hydrogen-bond acceptors (Lipinski definition) is 4. The zero-order valence-corrected chi connectivity index (χ0v) is 10.1. The molecule has 0 radical (unpaired) electrons. The highest BCUT2D eigenvalue weighted by molar-refractivity contribution is 5.83. The molecule has 0 unspecified atom stereocenters. The molecule has 2 rings (SSSR count). The van der Waals surface area contributed by atoms with Crippen LogP contribution < -0.4 is 16.7 Å². The Hall–Kier alpha value is -2.81. The predicted octanol–water partition coefficient (Wildman–Crippen LogP) is -0.0311. The van der Waals surface area contributed by atoms with E-state index < -0.39 is 11.4 Å². The Labute approximate surface area is 107 Å². The molecule has 1 aromatic carbocycles. The SMILES string of the molecule is CC(=O)NCC#Cc1cccc2[nH]c(=O)oc(=O)c12. The van der Waals surface area contributed by atoms with E-state index in [0.29, 0.717) is 11.1 Å². The van der Waals surface area contributed by atoms with E-state index >= 15 is 0 Å². The Morgan fingerprint density at radius 2 is 2.21 bits per heavy atom. The van der Waals surface area contributed by atoms with Gasteiger partial charge < -0.3 is 9.73 Å². The topological polar surface area (TPSA) is 92.2 Å². The largest absolute Gasteiger partial charge is 0.419 e. The number of amides is 1. The number of aromatic amines is 1. The van der Waals surface area contributed by atoms with Crippen LogP contribution in [0.15, 0.2) is 32.2 Å². The Morgan fingerprint density at radius 1 is 1.42 bits per heavy atom. The molecule has 2 N–H and O–H groups in total. The summed E-state index contributed by atoms with van der Waals surface area (Å²) in [6.45, 7) is 1.57. The first-order valence-corrected chi connectivity index (χ1v) is 5.47. The number of benzene rings is 1. The monoisotopic (exact) mass is 258 g/mol. The van der Waals surface area contributed by atoms with Gasteiger partial charge in [-0.3, -0.25) is 9.78 Å². The molecular formula is C13H10N2O4. The van der Waals surface area contributed by atoms with Crippen molar-refractivity contribution < 1.29 is 9.21 Å². The summed E-state index contributed by atoms with van der Waals surface area (Å²) in [6.07, 6.45) is 0. The van der Waals surface area contributed by atoms with Crippen LogP contribution in [0, 0.1) is 11.8 Å². The summed E-state index contributed by atoms with van der Waals surface area (Å²) in [6, 6.07) is 4.89. The van der Waals surface area contributed by atoms with Crippen molar-refractivity contribution in [3.63, 3.8) is 0 Å². The first-order valence-electron chi connectivity index (χ1n) is 5.47. The van der Waals surface area contributed by atoms with Gasteiger partial charge in [0, 0.05) is 12.5 Å². The van der Waals surface area contributed by atoms with Gasteiger partial charge in [0.25, 0.3) is 0 Å². The van der Waals surface area contributed by atoms with Crippen molar-refractivity contribution in [2.75, 3.05) is 6.54 Å². The van der Waals surface area contributed by atoms with E-state index in [1.165, 1.54) is 6.92 Å². The fourth-order valence-corrected chi connectivity index (χ4v) is 1.56. The van der Waals surface area contributed by atoms with E-state index in [9.17, 15) is 14.4 Å². The number of carbonyl (C=O) groups excluding carboxylic acids is 1. The summed E-state index contributed by atoms with van der Waals surface area (Å²) in [5, 5.41) is 2.74. The van der Waals surface area contributed by atoms with E-state index in [0.717, 1.165) is 0 Å². The van der Waals surface area contributed by atoms with Gasteiger partial charge in [-0.1, -0.05) is 17.9 Å². The van der Waals surface area contributed by atoms with E-state index in [2.05, 4.69) is 26.6 Å². The third-order valence-corrected chi connectivity index (χ3v) is 2.34. The molecule has 0 spiro atoms. The second-order valence-electron chi connectivity index (χ2n) is 3.74. The molecule has 19 heavy (non-hydrogen) atoms. The normalized spacial score (nSPS) is 9.74. The quantitative estimate of drug-likeness (QED) is 0.702. The summed E-state index contributed by atoms with van der Waals surface area (Å²) in [7, 11) is 0. The van der Waals surface area contributed by atoms with Crippen LogP contribution >= 0.6 is 0 Å². The zero-order chi connectivity index (χ0) is 13.8. The van der Waals surface area contributed by atoms with Gasteiger partial charge in [-0.2, -0.15) is 0 Å². The molecule has 1 heterocycles. The molecule has 96 valence electrons. The molecule has 0 bridgehead atoms. The molecule has 2 aromatic rings. The van der Waals surface area contributed by atoms with E-state index in [-0.39, 0.29) is 17.8 Å². The third kappa shape index (κ3) is 2.90. The number of aromatic nitrogens is 1. The fraction of sp³-hybridized carbons (Fsp3) is 0.154. The minimum Gasteiger partial charge on any atom is -0.372 e. The van der Waals surface area contributed by atoms with Gasteiger partial charge in [-0.15, -0.1) is 0 Å². The van der Waals surface area contributed by atoms with Crippen LogP contribution in [0.5, 0.6) is 0 Å². The predicted molar refractivity (Wildman–Crippen MR) is 68.7 cm³/mol. The number of rotatable bonds is 1. The van der Waals surface area contributed by atoms with Gasteiger partial charge in [-0.25, -0.2) is 9.59 Å². The highest BCUT2D eigenvalue weighted by Crippen LogP contribution is 2.10. The van der Waals surface area contributed by atoms with Gasteiger partial charge in [0.15, 0.2) is 0 Å². The van der Waals surface area contributed by atoms with Crippen molar-refractivity contribution in [3.05, 3.63) is 44.7 Å². The minimum atomic E-state index is -0.805. The number of nitrogens with one attached hydrogen (secondary N) is 2.